The Labute approximate surface area is 122 Å². The Kier molecular flexibility index (Phi) is 4.11. The van der Waals surface area contributed by atoms with Crippen LogP contribution < -0.4 is 5.32 Å². The number of likely N-dealkylation sites (N-methyl/N-ethyl adjacent to an activating group) is 1. The normalized spacial score (nSPS) is 22.9. The minimum atomic E-state index is 0.253. The molecule has 0 amide bonds. The first-order valence-electron chi connectivity index (χ1n) is 7.90. The molecule has 1 aliphatic carbocycles. The van der Waals surface area contributed by atoms with Gasteiger partial charge in [0, 0.05) is 11.5 Å². The van der Waals surface area contributed by atoms with Crippen LogP contribution in [-0.2, 0) is 10.2 Å². The van der Waals surface area contributed by atoms with Crippen LogP contribution in [0.5, 0.6) is 0 Å². The lowest BCUT2D eigenvalue weighted by Gasteiger charge is -2.40. The van der Waals surface area contributed by atoms with Crippen LogP contribution in [0.15, 0.2) is 42.2 Å². The number of ether oxygens (including phenoxy) is 1. The van der Waals surface area contributed by atoms with Gasteiger partial charge in [-0.25, -0.2) is 0 Å². The van der Waals surface area contributed by atoms with Crippen LogP contribution in [0.4, 0.5) is 0 Å². The van der Waals surface area contributed by atoms with Crippen molar-refractivity contribution in [3.05, 3.63) is 47.7 Å². The van der Waals surface area contributed by atoms with Gasteiger partial charge in [-0.2, -0.15) is 0 Å². The maximum Gasteiger partial charge on any atom is 0.0876 e. The van der Waals surface area contributed by atoms with Gasteiger partial charge < -0.3 is 10.1 Å². The Morgan fingerprint density at radius 2 is 1.85 bits per heavy atom. The first-order chi connectivity index (χ1) is 9.87. The molecule has 1 heterocycles. The second-order valence-electron chi connectivity index (χ2n) is 6.12. The predicted molar refractivity (Wildman–Crippen MR) is 82.7 cm³/mol. The summed E-state index contributed by atoms with van der Waals surface area (Å²) in [5.41, 5.74) is 3.19. The lowest BCUT2D eigenvalue weighted by molar-refractivity contribution is 0.210. The fraction of sp³-hybridized carbons (Fsp3) is 0.556. The van der Waals surface area contributed by atoms with Crippen LogP contribution in [0, 0.1) is 0 Å². The molecule has 2 heteroatoms. The first kappa shape index (κ1) is 13.7. The molecule has 1 aliphatic heterocycles. The molecule has 108 valence electrons. The van der Waals surface area contributed by atoms with E-state index >= 15 is 0 Å². The molecule has 1 unspecified atom stereocenters. The molecule has 2 aliphatic rings. The number of hydrogen-bond acceptors (Lipinski definition) is 2. The summed E-state index contributed by atoms with van der Waals surface area (Å²) in [4.78, 5) is 0. The summed E-state index contributed by atoms with van der Waals surface area (Å²) in [7, 11) is 2.10. The predicted octanol–water partition coefficient (Wildman–Crippen LogP) is 3.78. The van der Waals surface area contributed by atoms with E-state index in [-0.39, 0.29) is 5.41 Å². The van der Waals surface area contributed by atoms with E-state index in [0.29, 0.717) is 6.04 Å². The highest BCUT2D eigenvalue weighted by Crippen LogP contribution is 2.46. The second-order valence-corrected chi connectivity index (χ2v) is 6.12. The Hall–Kier alpha value is -1.28. The molecule has 0 aromatic heterocycles. The molecule has 1 N–H and O–H groups in total. The Bertz CT molecular complexity index is 460. The monoisotopic (exact) mass is 271 g/mol. The minimum absolute atomic E-state index is 0.253. The third-order valence-corrected chi connectivity index (χ3v) is 5.02. The summed E-state index contributed by atoms with van der Waals surface area (Å²) in [6.07, 6.45) is 9.56. The zero-order valence-corrected chi connectivity index (χ0v) is 12.4. The fourth-order valence-electron chi connectivity index (χ4n) is 4.13. The number of hydrogen-bond donors (Lipinski definition) is 1. The molecule has 1 saturated carbocycles. The molecule has 1 fully saturated rings. The van der Waals surface area contributed by atoms with E-state index in [1.807, 2.05) is 6.26 Å². The van der Waals surface area contributed by atoms with Gasteiger partial charge >= 0.3 is 0 Å². The van der Waals surface area contributed by atoms with Crippen molar-refractivity contribution >= 4 is 0 Å². The lowest BCUT2D eigenvalue weighted by atomic mass is 9.69. The number of benzene rings is 1. The first-order valence-corrected chi connectivity index (χ1v) is 7.90. The molecule has 20 heavy (non-hydrogen) atoms. The molecule has 0 radical (unpaired) electrons. The van der Waals surface area contributed by atoms with Crippen LogP contribution in [0.2, 0.25) is 0 Å². The summed E-state index contributed by atoms with van der Waals surface area (Å²) < 4.78 is 5.60. The summed E-state index contributed by atoms with van der Waals surface area (Å²) in [5.74, 6) is 0. The molecule has 1 aromatic rings. The molecule has 1 aromatic carbocycles. The lowest BCUT2D eigenvalue weighted by Crippen LogP contribution is -2.47. The van der Waals surface area contributed by atoms with Gasteiger partial charge in [-0.15, -0.1) is 0 Å². The molecule has 0 spiro atoms. The van der Waals surface area contributed by atoms with Crippen LogP contribution in [0.25, 0.3) is 0 Å². The number of nitrogens with one attached hydrogen (secondary N) is 1. The van der Waals surface area contributed by atoms with Gasteiger partial charge in [-0.3, -0.25) is 0 Å². The van der Waals surface area contributed by atoms with E-state index in [1.54, 1.807) is 0 Å². The SMILES string of the molecule is CNC(C1=COCCC1)C1(c2ccccc2)CCCC1. The van der Waals surface area contributed by atoms with Crippen molar-refractivity contribution < 1.29 is 4.74 Å². The fourth-order valence-corrected chi connectivity index (χ4v) is 4.13. The van der Waals surface area contributed by atoms with Crippen LogP contribution >= 0.6 is 0 Å². The molecule has 2 nitrogen and oxygen atoms in total. The van der Waals surface area contributed by atoms with Gasteiger partial charge in [-0.1, -0.05) is 43.2 Å². The van der Waals surface area contributed by atoms with E-state index in [2.05, 4.69) is 42.7 Å². The van der Waals surface area contributed by atoms with Gasteiger partial charge in [-0.05, 0) is 43.9 Å². The third-order valence-electron chi connectivity index (χ3n) is 5.02. The van der Waals surface area contributed by atoms with Crippen molar-refractivity contribution in [1.29, 1.82) is 0 Å². The zero-order valence-electron chi connectivity index (χ0n) is 12.4. The van der Waals surface area contributed by atoms with Crippen LogP contribution in [-0.4, -0.2) is 19.7 Å². The van der Waals surface area contributed by atoms with Crippen molar-refractivity contribution in [1.82, 2.24) is 5.32 Å². The summed E-state index contributed by atoms with van der Waals surface area (Å²) in [6.45, 7) is 0.873. The maximum absolute atomic E-state index is 5.60. The standard InChI is InChI=1S/C18H25NO/c1-19-17(15-8-7-13-20-14-15)18(11-5-6-12-18)16-9-3-2-4-10-16/h2-4,9-10,14,17,19H,5-8,11-13H2,1H3. The van der Waals surface area contributed by atoms with Crippen molar-refractivity contribution in [2.24, 2.45) is 0 Å². The van der Waals surface area contributed by atoms with E-state index in [9.17, 15) is 0 Å². The van der Waals surface area contributed by atoms with Gasteiger partial charge in [0.2, 0.25) is 0 Å². The summed E-state index contributed by atoms with van der Waals surface area (Å²) in [6, 6.07) is 11.5. The largest absolute Gasteiger partial charge is 0.501 e. The van der Waals surface area contributed by atoms with Crippen LogP contribution in [0.1, 0.15) is 44.1 Å². The molecule has 1 atom stereocenters. The topological polar surface area (TPSA) is 21.3 Å². The van der Waals surface area contributed by atoms with Gasteiger partial charge in [0.25, 0.3) is 0 Å². The number of rotatable bonds is 4. The third kappa shape index (κ3) is 2.37. The highest BCUT2D eigenvalue weighted by Gasteiger charge is 2.43. The van der Waals surface area contributed by atoms with Gasteiger partial charge in [0.05, 0.1) is 12.9 Å². The maximum atomic E-state index is 5.60. The molecular weight excluding hydrogens is 246 g/mol. The van der Waals surface area contributed by atoms with Gasteiger partial charge in [0.1, 0.15) is 0 Å². The van der Waals surface area contributed by atoms with Crippen molar-refractivity contribution in [3.63, 3.8) is 0 Å². The van der Waals surface area contributed by atoms with E-state index in [0.717, 1.165) is 13.0 Å². The van der Waals surface area contributed by atoms with Crippen molar-refractivity contribution in [2.45, 2.75) is 50.0 Å². The molecular formula is C18H25NO. The van der Waals surface area contributed by atoms with Crippen molar-refractivity contribution in [2.75, 3.05) is 13.7 Å². The summed E-state index contributed by atoms with van der Waals surface area (Å²) in [5, 5.41) is 3.60. The second kappa shape index (κ2) is 6.01. The Morgan fingerprint density at radius 1 is 1.10 bits per heavy atom. The van der Waals surface area contributed by atoms with E-state index in [4.69, 9.17) is 4.74 Å². The summed E-state index contributed by atoms with van der Waals surface area (Å²) >= 11 is 0. The highest BCUT2D eigenvalue weighted by molar-refractivity contribution is 5.34. The zero-order chi connectivity index (χ0) is 13.8. The molecule has 0 saturated heterocycles. The van der Waals surface area contributed by atoms with E-state index < -0.39 is 0 Å². The van der Waals surface area contributed by atoms with Gasteiger partial charge in [0.15, 0.2) is 0 Å². The Morgan fingerprint density at radius 3 is 2.45 bits per heavy atom. The Balaban J connectivity index is 1.98. The van der Waals surface area contributed by atoms with Crippen molar-refractivity contribution in [3.8, 4) is 0 Å². The average Bonchev–Trinajstić information content (AvgIpc) is 3.01. The quantitative estimate of drug-likeness (QED) is 0.900. The van der Waals surface area contributed by atoms with Crippen LogP contribution in [0.3, 0.4) is 0 Å². The molecule has 3 rings (SSSR count). The smallest absolute Gasteiger partial charge is 0.0876 e. The minimum Gasteiger partial charge on any atom is -0.501 e. The molecule has 0 bridgehead atoms. The highest BCUT2D eigenvalue weighted by atomic mass is 16.5. The van der Waals surface area contributed by atoms with E-state index in [1.165, 1.54) is 43.2 Å². The average molecular weight is 271 g/mol.